The molecule has 7 heteroatoms. The summed E-state index contributed by atoms with van der Waals surface area (Å²) in [6.07, 6.45) is 9.26. The Kier molecular flexibility index (Phi) is 6.12. The molecule has 1 heterocycles. The Hall–Kier alpha value is -3.01. The van der Waals surface area contributed by atoms with E-state index in [-0.39, 0.29) is 5.82 Å². The minimum Gasteiger partial charge on any atom is -0.236 e. The number of halogens is 4. The minimum atomic E-state index is -2.72. The largest absolute Gasteiger partial charge is 0.236 e. The molecule has 0 spiro atoms. The van der Waals surface area contributed by atoms with Gasteiger partial charge < -0.3 is 0 Å². The first kappa shape index (κ1) is 20.7. The third-order valence-corrected chi connectivity index (χ3v) is 4.91. The van der Waals surface area contributed by atoms with Crippen LogP contribution in [-0.2, 0) is 12.1 Å². The number of alkyl halides is 1. The second kappa shape index (κ2) is 8.56. The lowest BCUT2D eigenvalue weighted by Gasteiger charge is -2.26. The molecular formula is C22H19F4N3. The van der Waals surface area contributed by atoms with Crippen LogP contribution in [0.4, 0.5) is 17.6 Å². The molecule has 150 valence electrons. The zero-order valence-electron chi connectivity index (χ0n) is 15.9. The van der Waals surface area contributed by atoms with Gasteiger partial charge in [0.2, 0.25) is 0 Å². The first-order valence-corrected chi connectivity index (χ1v) is 9.36. The van der Waals surface area contributed by atoms with Gasteiger partial charge in [-0.3, -0.25) is 0 Å². The van der Waals surface area contributed by atoms with Gasteiger partial charge in [-0.1, -0.05) is 25.8 Å². The van der Waals surface area contributed by atoms with Crippen LogP contribution >= 0.6 is 0 Å². The van der Waals surface area contributed by atoms with Gasteiger partial charge in [0, 0.05) is 30.0 Å². The second-order valence-corrected chi connectivity index (χ2v) is 6.96. The number of aromatic nitrogens is 2. The van der Waals surface area contributed by atoms with Crippen molar-refractivity contribution in [2.24, 2.45) is 0 Å². The van der Waals surface area contributed by atoms with Gasteiger partial charge in [-0.2, -0.15) is 5.26 Å². The molecule has 1 aromatic carbocycles. The van der Waals surface area contributed by atoms with E-state index in [1.165, 1.54) is 12.1 Å². The summed E-state index contributed by atoms with van der Waals surface area (Å²) in [5, 5.41) is 8.72. The van der Waals surface area contributed by atoms with Crippen LogP contribution < -0.4 is 0 Å². The van der Waals surface area contributed by atoms with Crippen molar-refractivity contribution < 1.29 is 17.6 Å². The van der Waals surface area contributed by atoms with Gasteiger partial charge in [-0.15, -0.1) is 0 Å². The summed E-state index contributed by atoms with van der Waals surface area (Å²) in [5.41, 5.74) is -2.82. The lowest BCUT2D eigenvalue weighted by molar-refractivity contribution is 0.176. The van der Waals surface area contributed by atoms with Crippen molar-refractivity contribution >= 4 is 5.57 Å². The van der Waals surface area contributed by atoms with Gasteiger partial charge in [-0.25, -0.2) is 27.5 Å². The van der Waals surface area contributed by atoms with Crippen molar-refractivity contribution in [1.29, 1.82) is 5.26 Å². The van der Waals surface area contributed by atoms with Crippen LogP contribution in [0.5, 0.6) is 0 Å². The summed E-state index contributed by atoms with van der Waals surface area (Å²) < 4.78 is 57.6. The Morgan fingerprint density at radius 1 is 1.10 bits per heavy atom. The van der Waals surface area contributed by atoms with Crippen molar-refractivity contribution in [3.05, 3.63) is 76.7 Å². The molecular weight excluding hydrogens is 382 g/mol. The fourth-order valence-corrected chi connectivity index (χ4v) is 3.19. The number of allylic oxidation sites excluding steroid dienone is 4. The quantitative estimate of drug-likeness (QED) is 0.450. The number of nitriles is 1. The highest BCUT2D eigenvalue weighted by Gasteiger charge is 2.40. The maximum absolute atomic E-state index is 15.3. The minimum absolute atomic E-state index is 0.249. The lowest BCUT2D eigenvalue weighted by atomic mass is 9.85. The summed E-state index contributed by atoms with van der Waals surface area (Å²) >= 11 is 0. The average molecular weight is 401 g/mol. The topological polar surface area (TPSA) is 49.6 Å². The van der Waals surface area contributed by atoms with Crippen molar-refractivity contribution in [1.82, 2.24) is 9.97 Å². The zero-order valence-corrected chi connectivity index (χ0v) is 15.9. The summed E-state index contributed by atoms with van der Waals surface area (Å²) in [6.45, 7) is 2.11. The molecule has 0 amide bonds. The van der Waals surface area contributed by atoms with E-state index >= 15 is 4.39 Å². The lowest BCUT2D eigenvalue weighted by Crippen LogP contribution is -2.23. The molecule has 29 heavy (non-hydrogen) atoms. The second-order valence-electron chi connectivity index (χ2n) is 6.96. The summed E-state index contributed by atoms with van der Waals surface area (Å²) in [6, 6.07) is 2.65. The van der Waals surface area contributed by atoms with Crippen LogP contribution in [0.2, 0.25) is 0 Å². The van der Waals surface area contributed by atoms with E-state index < -0.39 is 40.7 Å². The van der Waals surface area contributed by atoms with Gasteiger partial charge in [0.1, 0.15) is 29.1 Å². The Morgan fingerprint density at radius 2 is 1.76 bits per heavy atom. The SMILES string of the molecule is CCCCCc1cnc(C2=CCC(F)(c3cc(F)c(C#N)c(F)c3)C(F)=C2)nc1. The molecule has 0 bridgehead atoms. The fourth-order valence-electron chi connectivity index (χ4n) is 3.19. The Bertz CT molecular complexity index is 983. The summed E-state index contributed by atoms with van der Waals surface area (Å²) in [7, 11) is 0. The van der Waals surface area contributed by atoms with E-state index in [4.69, 9.17) is 5.26 Å². The van der Waals surface area contributed by atoms with Gasteiger partial charge in [0.25, 0.3) is 0 Å². The fraction of sp³-hybridized carbons (Fsp3) is 0.318. The number of nitrogens with zero attached hydrogens (tertiary/aromatic N) is 3. The van der Waals surface area contributed by atoms with Crippen LogP contribution in [-0.4, -0.2) is 9.97 Å². The molecule has 0 N–H and O–H groups in total. The molecule has 1 aromatic heterocycles. The highest BCUT2D eigenvalue weighted by Crippen LogP contribution is 2.44. The molecule has 0 saturated carbocycles. The molecule has 3 nitrogen and oxygen atoms in total. The van der Waals surface area contributed by atoms with E-state index in [2.05, 4.69) is 16.9 Å². The predicted molar refractivity (Wildman–Crippen MR) is 101 cm³/mol. The number of hydrogen-bond donors (Lipinski definition) is 0. The van der Waals surface area contributed by atoms with Crippen molar-refractivity contribution in [3.8, 4) is 6.07 Å². The van der Waals surface area contributed by atoms with Gasteiger partial charge in [0.05, 0.1) is 0 Å². The maximum atomic E-state index is 15.3. The number of hydrogen-bond acceptors (Lipinski definition) is 3. The van der Waals surface area contributed by atoms with Crippen LogP contribution in [0, 0.1) is 23.0 Å². The Balaban J connectivity index is 1.82. The predicted octanol–water partition coefficient (Wildman–Crippen LogP) is 5.86. The summed E-state index contributed by atoms with van der Waals surface area (Å²) in [4.78, 5) is 8.44. The van der Waals surface area contributed by atoms with E-state index in [1.807, 2.05) is 0 Å². The van der Waals surface area contributed by atoms with E-state index in [0.29, 0.717) is 17.7 Å². The molecule has 0 aliphatic heterocycles. The molecule has 1 aliphatic carbocycles. The molecule has 1 unspecified atom stereocenters. The number of rotatable bonds is 6. The smallest absolute Gasteiger partial charge is 0.190 e. The summed E-state index contributed by atoms with van der Waals surface area (Å²) in [5.74, 6) is -3.42. The van der Waals surface area contributed by atoms with E-state index in [9.17, 15) is 13.2 Å². The van der Waals surface area contributed by atoms with Gasteiger partial charge >= 0.3 is 0 Å². The van der Waals surface area contributed by atoms with Crippen LogP contribution in [0.1, 0.15) is 55.1 Å². The van der Waals surface area contributed by atoms with Gasteiger partial charge in [-0.05, 0) is 36.6 Å². The van der Waals surface area contributed by atoms with E-state index in [1.54, 1.807) is 12.4 Å². The maximum Gasteiger partial charge on any atom is 0.190 e. The average Bonchev–Trinajstić information content (AvgIpc) is 2.70. The number of benzene rings is 1. The van der Waals surface area contributed by atoms with Crippen LogP contribution in [0.25, 0.3) is 5.57 Å². The zero-order chi connectivity index (χ0) is 21.0. The first-order chi connectivity index (χ1) is 13.9. The molecule has 0 saturated heterocycles. The molecule has 1 atom stereocenters. The molecule has 1 aliphatic rings. The van der Waals surface area contributed by atoms with Crippen LogP contribution in [0.15, 0.2) is 42.5 Å². The standard InChI is InChI=1S/C22H19F4N3/c1-2-3-4-5-14-12-28-21(29-13-14)15-6-7-22(26,20(25)8-15)16-9-18(23)17(11-27)19(24)10-16/h6,8-10,12-13H,2-5,7H2,1H3. The Morgan fingerprint density at radius 3 is 2.31 bits per heavy atom. The van der Waals surface area contributed by atoms with E-state index in [0.717, 1.165) is 37.3 Å². The highest BCUT2D eigenvalue weighted by molar-refractivity contribution is 5.72. The highest BCUT2D eigenvalue weighted by atomic mass is 19.2. The number of unbranched alkanes of at least 4 members (excludes halogenated alkanes) is 2. The van der Waals surface area contributed by atoms with Crippen molar-refractivity contribution in [3.63, 3.8) is 0 Å². The van der Waals surface area contributed by atoms with Crippen LogP contribution in [0.3, 0.4) is 0 Å². The third-order valence-electron chi connectivity index (χ3n) is 4.91. The van der Waals surface area contributed by atoms with Gasteiger partial charge in [0.15, 0.2) is 11.5 Å². The molecule has 0 radical (unpaired) electrons. The molecule has 0 fully saturated rings. The normalized spacial score (nSPS) is 18.8. The third kappa shape index (κ3) is 4.21. The monoisotopic (exact) mass is 401 g/mol. The molecule has 2 aromatic rings. The van der Waals surface area contributed by atoms with Crippen molar-refractivity contribution in [2.45, 2.75) is 44.7 Å². The molecule has 3 rings (SSSR count). The van der Waals surface area contributed by atoms with Crippen molar-refractivity contribution in [2.75, 3.05) is 0 Å². The number of aryl methyl sites for hydroxylation is 1. The first-order valence-electron chi connectivity index (χ1n) is 9.36. The Labute approximate surface area is 166 Å².